The molecule has 0 fully saturated rings. The molecule has 1 amide bonds. The van der Waals surface area contributed by atoms with Crippen LogP contribution in [-0.4, -0.2) is 36.8 Å². The molecule has 31 heavy (non-hydrogen) atoms. The Morgan fingerprint density at radius 1 is 1.06 bits per heavy atom. The summed E-state index contributed by atoms with van der Waals surface area (Å²) in [5, 5.41) is 3.09. The first kappa shape index (κ1) is 20.9. The van der Waals surface area contributed by atoms with Crippen LogP contribution in [0.1, 0.15) is 28.3 Å². The molecule has 6 nitrogen and oxygen atoms in total. The summed E-state index contributed by atoms with van der Waals surface area (Å²) in [6.07, 6.45) is 3.20. The SMILES string of the molecule is Cc1ccc([C@H](NC(=O)COC[C@H]2COc3ccccc3O2)c2ccncc2)cc1C. The molecular formula is C25H26N2O4. The number of aryl methyl sites for hydroxylation is 2. The van der Waals surface area contributed by atoms with Gasteiger partial charge < -0.3 is 19.5 Å². The van der Waals surface area contributed by atoms with Gasteiger partial charge in [-0.1, -0.05) is 30.3 Å². The molecule has 0 unspecified atom stereocenters. The zero-order valence-corrected chi connectivity index (χ0v) is 17.7. The van der Waals surface area contributed by atoms with E-state index < -0.39 is 0 Å². The van der Waals surface area contributed by atoms with E-state index in [0.29, 0.717) is 12.4 Å². The van der Waals surface area contributed by atoms with Crippen LogP contribution in [0.3, 0.4) is 0 Å². The van der Waals surface area contributed by atoms with Crippen molar-refractivity contribution in [3.05, 3.63) is 89.2 Å². The van der Waals surface area contributed by atoms with E-state index in [1.165, 1.54) is 11.1 Å². The first-order valence-corrected chi connectivity index (χ1v) is 10.3. The maximum absolute atomic E-state index is 12.7. The smallest absolute Gasteiger partial charge is 0.246 e. The fourth-order valence-corrected chi connectivity index (χ4v) is 3.49. The van der Waals surface area contributed by atoms with Gasteiger partial charge in [0, 0.05) is 12.4 Å². The molecule has 6 heteroatoms. The number of benzene rings is 2. The first-order valence-electron chi connectivity index (χ1n) is 10.3. The third-order valence-corrected chi connectivity index (χ3v) is 5.31. The summed E-state index contributed by atoms with van der Waals surface area (Å²) in [7, 11) is 0. The maximum atomic E-state index is 12.7. The predicted molar refractivity (Wildman–Crippen MR) is 117 cm³/mol. The lowest BCUT2D eigenvalue weighted by Gasteiger charge is -2.26. The largest absolute Gasteiger partial charge is 0.486 e. The molecule has 4 rings (SSSR count). The van der Waals surface area contributed by atoms with Crippen LogP contribution in [0.4, 0.5) is 0 Å². The van der Waals surface area contributed by atoms with Gasteiger partial charge in [-0.2, -0.15) is 0 Å². The zero-order valence-electron chi connectivity index (χ0n) is 17.7. The number of ether oxygens (including phenoxy) is 3. The highest BCUT2D eigenvalue weighted by Gasteiger charge is 2.22. The summed E-state index contributed by atoms with van der Waals surface area (Å²) in [6, 6.07) is 17.3. The average molecular weight is 418 g/mol. The molecule has 3 aromatic rings. The lowest BCUT2D eigenvalue weighted by molar-refractivity contribution is -0.127. The topological polar surface area (TPSA) is 69.7 Å². The molecule has 0 saturated carbocycles. The molecule has 0 spiro atoms. The fraction of sp³-hybridized carbons (Fsp3) is 0.280. The molecule has 160 valence electrons. The van der Waals surface area contributed by atoms with E-state index >= 15 is 0 Å². The standard InChI is InChI=1S/C25H26N2O4/c1-17-7-8-20(13-18(17)2)25(19-9-11-26-12-10-19)27-24(28)16-29-14-21-15-30-22-5-3-4-6-23(22)31-21/h3-13,21,25H,14-16H2,1-2H3,(H,27,28)/t21-,25+/m0/s1. The Labute approximate surface area is 182 Å². The van der Waals surface area contributed by atoms with Gasteiger partial charge in [0.2, 0.25) is 5.91 Å². The minimum absolute atomic E-state index is 0.0616. The van der Waals surface area contributed by atoms with Crippen molar-refractivity contribution >= 4 is 5.91 Å². The first-order chi connectivity index (χ1) is 15.1. The number of pyridine rings is 1. The van der Waals surface area contributed by atoms with E-state index in [1.807, 2.05) is 42.5 Å². The van der Waals surface area contributed by atoms with E-state index in [0.717, 1.165) is 16.9 Å². The fourth-order valence-electron chi connectivity index (χ4n) is 3.49. The van der Waals surface area contributed by atoms with Gasteiger partial charge in [0.25, 0.3) is 0 Å². The molecule has 1 N–H and O–H groups in total. The second kappa shape index (κ2) is 9.62. The van der Waals surface area contributed by atoms with E-state index in [1.54, 1.807) is 12.4 Å². The number of nitrogens with zero attached hydrogens (tertiary/aromatic N) is 1. The highest BCUT2D eigenvalue weighted by molar-refractivity contribution is 5.78. The summed E-state index contributed by atoms with van der Waals surface area (Å²) >= 11 is 0. The quantitative estimate of drug-likeness (QED) is 0.633. The van der Waals surface area contributed by atoms with Gasteiger partial charge in [-0.05, 0) is 60.4 Å². The average Bonchev–Trinajstić information content (AvgIpc) is 2.80. The molecule has 1 aliphatic heterocycles. The third kappa shape index (κ3) is 5.22. The van der Waals surface area contributed by atoms with Crippen LogP contribution in [-0.2, 0) is 9.53 Å². The van der Waals surface area contributed by atoms with Crippen molar-refractivity contribution in [2.24, 2.45) is 0 Å². The number of fused-ring (bicyclic) bond motifs is 1. The van der Waals surface area contributed by atoms with Crippen molar-refractivity contribution < 1.29 is 19.0 Å². The van der Waals surface area contributed by atoms with E-state index in [4.69, 9.17) is 14.2 Å². The van der Waals surface area contributed by atoms with Crippen LogP contribution in [0.2, 0.25) is 0 Å². The normalized spacial score (nSPS) is 15.9. The number of rotatable bonds is 7. The van der Waals surface area contributed by atoms with Crippen molar-refractivity contribution in [2.75, 3.05) is 19.8 Å². The van der Waals surface area contributed by atoms with Gasteiger partial charge in [0.1, 0.15) is 13.2 Å². The zero-order chi connectivity index (χ0) is 21.6. The monoisotopic (exact) mass is 418 g/mol. The molecule has 2 heterocycles. The van der Waals surface area contributed by atoms with Crippen molar-refractivity contribution in [1.29, 1.82) is 0 Å². The van der Waals surface area contributed by atoms with Crippen molar-refractivity contribution in [2.45, 2.75) is 26.0 Å². The number of hydrogen-bond acceptors (Lipinski definition) is 5. The van der Waals surface area contributed by atoms with Gasteiger partial charge in [-0.25, -0.2) is 0 Å². The van der Waals surface area contributed by atoms with E-state index in [2.05, 4.69) is 36.3 Å². The molecule has 2 atom stereocenters. The van der Waals surface area contributed by atoms with Gasteiger partial charge in [0.05, 0.1) is 12.6 Å². The van der Waals surface area contributed by atoms with Crippen molar-refractivity contribution in [1.82, 2.24) is 10.3 Å². The number of para-hydroxylation sites is 2. The summed E-state index contributed by atoms with van der Waals surface area (Å²) in [4.78, 5) is 16.8. The Hall–Kier alpha value is -3.38. The van der Waals surface area contributed by atoms with Crippen molar-refractivity contribution in [3.8, 4) is 11.5 Å². The Balaban J connectivity index is 1.36. The molecule has 0 aliphatic carbocycles. The highest BCUT2D eigenvalue weighted by atomic mass is 16.6. The van der Waals surface area contributed by atoms with Gasteiger partial charge >= 0.3 is 0 Å². The third-order valence-electron chi connectivity index (χ3n) is 5.31. The van der Waals surface area contributed by atoms with Crippen LogP contribution < -0.4 is 14.8 Å². The Bertz CT molecular complexity index is 1040. The molecule has 0 saturated heterocycles. The summed E-state index contributed by atoms with van der Waals surface area (Å²) in [6.45, 7) is 4.74. The van der Waals surface area contributed by atoms with Crippen LogP contribution in [0, 0.1) is 13.8 Å². The van der Waals surface area contributed by atoms with Crippen LogP contribution in [0.5, 0.6) is 11.5 Å². The maximum Gasteiger partial charge on any atom is 0.246 e. The minimum atomic E-state index is -0.278. The Morgan fingerprint density at radius 3 is 2.61 bits per heavy atom. The van der Waals surface area contributed by atoms with Crippen LogP contribution in [0.25, 0.3) is 0 Å². The predicted octanol–water partition coefficient (Wildman–Crippen LogP) is 3.76. The second-order valence-corrected chi connectivity index (χ2v) is 7.64. The van der Waals surface area contributed by atoms with E-state index in [-0.39, 0.29) is 31.3 Å². The van der Waals surface area contributed by atoms with Crippen LogP contribution in [0.15, 0.2) is 67.0 Å². The van der Waals surface area contributed by atoms with Crippen LogP contribution >= 0.6 is 0 Å². The number of hydrogen-bond donors (Lipinski definition) is 1. The molecule has 2 aromatic carbocycles. The second-order valence-electron chi connectivity index (χ2n) is 7.64. The van der Waals surface area contributed by atoms with E-state index in [9.17, 15) is 4.79 Å². The molecule has 0 bridgehead atoms. The Kier molecular flexibility index (Phi) is 6.48. The van der Waals surface area contributed by atoms with Crippen molar-refractivity contribution in [3.63, 3.8) is 0 Å². The number of aromatic nitrogens is 1. The summed E-state index contributed by atoms with van der Waals surface area (Å²) in [5.74, 6) is 1.22. The molecular weight excluding hydrogens is 392 g/mol. The molecule has 1 aromatic heterocycles. The summed E-state index contributed by atoms with van der Waals surface area (Å²) < 4.78 is 17.2. The lowest BCUT2D eigenvalue weighted by atomic mass is 9.96. The van der Waals surface area contributed by atoms with Gasteiger partial charge in [0.15, 0.2) is 17.6 Å². The van der Waals surface area contributed by atoms with Gasteiger partial charge in [-0.15, -0.1) is 0 Å². The highest BCUT2D eigenvalue weighted by Crippen LogP contribution is 2.30. The number of carbonyl (C=O) groups is 1. The molecule has 0 radical (unpaired) electrons. The number of carbonyl (C=O) groups excluding carboxylic acids is 1. The Morgan fingerprint density at radius 2 is 1.84 bits per heavy atom. The molecule has 1 aliphatic rings. The van der Waals surface area contributed by atoms with Gasteiger partial charge in [-0.3, -0.25) is 9.78 Å². The minimum Gasteiger partial charge on any atom is -0.486 e. The summed E-state index contributed by atoms with van der Waals surface area (Å²) in [5.41, 5.74) is 4.37. The lowest BCUT2D eigenvalue weighted by Crippen LogP contribution is -2.36. The number of nitrogens with one attached hydrogen (secondary N) is 1. The number of amides is 1.